The van der Waals surface area contributed by atoms with E-state index in [9.17, 15) is 9.59 Å². The Morgan fingerprint density at radius 3 is 2.84 bits per heavy atom. The number of fused-ring (bicyclic) bond motifs is 2. The van der Waals surface area contributed by atoms with E-state index in [0.717, 1.165) is 32.2 Å². The second-order valence-electron chi connectivity index (χ2n) is 7.10. The van der Waals surface area contributed by atoms with Crippen molar-refractivity contribution in [1.82, 2.24) is 9.97 Å². The molecule has 160 valence electrons. The first-order valence-corrected chi connectivity index (χ1v) is 11.6. The van der Waals surface area contributed by atoms with Crippen LogP contribution in [0.4, 0.5) is 10.8 Å². The van der Waals surface area contributed by atoms with Crippen LogP contribution in [0.2, 0.25) is 0 Å². The minimum Gasteiger partial charge on any atom is -0.497 e. The lowest BCUT2D eigenvalue weighted by Crippen LogP contribution is -2.35. The third-order valence-electron chi connectivity index (χ3n) is 5.05. The number of hydrogen-bond acceptors (Lipinski definition) is 7. The Hall–Kier alpha value is -3.43. The number of methoxy groups -OCH3 is 1. The summed E-state index contributed by atoms with van der Waals surface area (Å²) in [4.78, 5) is 35.7. The molecule has 3 heterocycles. The Kier molecular flexibility index (Phi) is 5.50. The third-order valence-corrected chi connectivity index (χ3v) is 6.96. The molecule has 0 saturated heterocycles. The average Bonchev–Trinajstić information content (AvgIpc) is 3.22. The first-order valence-electron chi connectivity index (χ1n) is 9.84. The summed E-state index contributed by atoms with van der Waals surface area (Å²) < 4.78 is 6.18. The molecule has 0 fully saturated rings. The molecule has 2 aromatic carbocycles. The number of carbonyl (C=O) groups is 2. The summed E-state index contributed by atoms with van der Waals surface area (Å²) in [7, 11) is 1.62. The van der Waals surface area contributed by atoms with Gasteiger partial charge in [-0.15, -0.1) is 0 Å². The zero-order valence-corrected chi connectivity index (χ0v) is 18.7. The lowest BCUT2D eigenvalue weighted by molar-refractivity contribution is -0.116. The van der Waals surface area contributed by atoms with Gasteiger partial charge in [0.1, 0.15) is 10.8 Å². The summed E-state index contributed by atoms with van der Waals surface area (Å²) in [5.74, 6) is 0.935. The number of anilines is 2. The van der Waals surface area contributed by atoms with Gasteiger partial charge in [0.2, 0.25) is 5.91 Å². The van der Waals surface area contributed by atoms with Crippen LogP contribution in [-0.2, 0) is 11.3 Å². The second-order valence-corrected chi connectivity index (χ2v) is 9.09. The number of hydrogen-bond donors (Lipinski definition) is 1. The number of amides is 2. The highest BCUT2D eigenvalue weighted by Gasteiger charge is 2.25. The molecule has 1 aliphatic heterocycles. The van der Waals surface area contributed by atoms with Crippen LogP contribution >= 0.6 is 23.1 Å². The van der Waals surface area contributed by atoms with Crippen molar-refractivity contribution in [2.24, 2.45) is 0 Å². The van der Waals surface area contributed by atoms with Crippen LogP contribution < -0.4 is 15.0 Å². The van der Waals surface area contributed by atoms with Crippen molar-refractivity contribution >= 4 is 55.9 Å². The summed E-state index contributed by atoms with van der Waals surface area (Å²) in [5.41, 5.74) is 3.08. The van der Waals surface area contributed by atoms with Crippen molar-refractivity contribution in [3.63, 3.8) is 0 Å². The van der Waals surface area contributed by atoms with E-state index in [1.54, 1.807) is 30.3 Å². The highest BCUT2D eigenvalue weighted by Crippen LogP contribution is 2.34. The monoisotopic (exact) mass is 462 g/mol. The van der Waals surface area contributed by atoms with Crippen molar-refractivity contribution in [2.75, 3.05) is 23.1 Å². The van der Waals surface area contributed by atoms with Gasteiger partial charge in [-0.2, -0.15) is 0 Å². The van der Waals surface area contributed by atoms with Gasteiger partial charge in [0.05, 0.1) is 35.3 Å². The Labute approximate surface area is 192 Å². The molecule has 0 aliphatic carbocycles. The highest BCUT2D eigenvalue weighted by atomic mass is 32.2. The van der Waals surface area contributed by atoms with Crippen LogP contribution in [-0.4, -0.2) is 34.6 Å². The topological polar surface area (TPSA) is 84.4 Å². The number of aromatic nitrogens is 2. The molecule has 1 N–H and O–H groups in total. The number of rotatable bonds is 5. The first kappa shape index (κ1) is 20.5. The molecule has 0 bridgehead atoms. The molecule has 32 heavy (non-hydrogen) atoms. The predicted octanol–water partition coefficient (Wildman–Crippen LogP) is 4.59. The minimum absolute atomic E-state index is 0.0461. The van der Waals surface area contributed by atoms with Gasteiger partial charge in [0.25, 0.3) is 5.91 Å². The number of ether oxygens (including phenoxy) is 1. The molecule has 0 saturated carbocycles. The third kappa shape index (κ3) is 4.04. The molecule has 4 aromatic rings. The maximum Gasteiger partial charge on any atom is 0.257 e. The molecule has 7 nitrogen and oxygen atoms in total. The Balaban J connectivity index is 1.29. The zero-order valence-electron chi connectivity index (χ0n) is 17.1. The van der Waals surface area contributed by atoms with Crippen molar-refractivity contribution in [1.29, 1.82) is 0 Å². The van der Waals surface area contributed by atoms with Crippen LogP contribution in [0.1, 0.15) is 15.9 Å². The average molecular weight is 463 g/mol. The number of nitrogens with zero attached hydrogens (tertiary/aromatic N) is 3. The van der Waals surface area contributed by atoms with Gasteiger partial charge < -0.3 is 9.64 Å². The van der Waals surface area contributed by atoms with E-state index in [4.69, 9.17) is 4.74 Å². The van der Waals surface area contributed by atoms with E-state index in [0.29, 0.717) is 23.0 Å². The molecule has 0 atom stereocenters. The van der Waals surface area contributed by atoms with E-state index < -0.39 is 0 Å². The lowest BCUT2D eigenvalue weighted by atomic mass is 10.1. The number of carbonyl (C=O) groups excluding carboxylic acids is 2. The van der Waals surface area contributed by atoms with E-state index in [2.05, 4.69) is 15.3 Å². The van der Waals surface area contributed by atoms with E-state index >= 15 is 0 Å². The summed E-state index contributed by atoms with van der Waals surface area (Å²) >= 11 is 2.85. The highest BCUT2D eigenvalue weighted by molar-refractivity contribution is 8.00. The fourth-order valence-corrected chi connectivity index (χ4v) is 5.18. The van der Waals surface area contributed by atoms with Gasteiger partial charge in [-0.05, 0) is 48.0 Å². The fourth-order valence-electron chi connectivity index (χ4n) is 3.41. The zero-order chi connectivity index (χ0) is 22.1. The SMILES string of the molecule is COc1ccc2nc(NC(=O)c3ccc(CN4C(=O)CSc5ncccc54)cc3)sc2c1. The second kappa shape index (κ2) is 8.60. The van der Waals surface area contributed by atoms with Crippen LogP contribution in [0.5, 0.6) is 5.75 Å². The molecule has 9 heteroatoms. The summed E-state index contributed by atoms with van der Waals surface area (Å²) in [6.07, 6.45) is 1.73. The van der Waals surface area contributed by atoms with E-state index in [-0.39, 0.29) is 11.8 Å². The molecular formula is C23H18N4O3S2. The quantitative estimate of drug-likeness (QED) is 0.467. The van der Waals surface area contributed by atoms with Crippen LogP contribution in [0, 0.1) is 0 Å². The number of thioether (sulfide) groups is 1. The Morgan fingerprint density at radius 1 is 1.19 bits per heavy atom. The molecule has 1 aliphatic rings. The molecule has 0 spiro atoms. The number of thiazole rings is 1. The van der Waals surface area contributed by atoms with E-state index in [1.165, 1.54) is 23.1 Å². The standard InChI is InChI=1S/C23H18N4O3S2/c1-30-16-8-9-17-19(11-16)32-23(25-17)26-21(29)15-6-4-14(5-7-15)12-27-18-3-2-10-24-22(18)31-13-20(27)28/h2-11H,12-13H2,1H3,(H,25,26,29). The molecule has 0 radical (unpaired) electrons. The minimum atomic E-state index is -0.234. The van der Waals surface area contributed by atoms with Gasteiger partial charge in [0, 0.05) is 11.8 Å². The van der Waals surface area contributed by atoms with Crippen molar-refractivity contribution in [3.8, 4) is 5.75 Å². The first-order chi connectivity index (χ1) is 15.6. The normalized spacial score (nSPS) is 13.2. The Morgan fingerprint density at radius 2 is 2.03 bits per heavy atom. The summed E-state index contributed by atoms with van der Waals surface area (Å²) in [5, 5.41) is 4.25. The molecule has 5 rings (SSSR count). The maximum atomic E-state index is 12.7. The molecular weight excluding hydrogens is 444 g/mol. The van der Waals surface area contributed by atoms with Crippen molar-refractivity contribution < 1.29 is 14.3 Å². The molecule has 2 aromatic heterocycles. The van der Waals surface area contributed by atoms with Crippen molar-refractivity contribution in [3.05, 3.63) is 71.9 Å². The van der Waals surface area contributed by atoms with Crippen LogP contribution in [0.25, 0.3) is 10.2 Å². The van der Waals surface area contributed by atoms with Gasteiger partial charge in [0.15, 0.2) is 5.13 Å². The van der Waals surface area contributed by atoms with Gasteiger partial charge in [-0.25, -0.2) is 9.97 Å². The lowest BCUT2D eigenvalue weighted by Gasteiger charge is -2.28. The van der Waals surface area contributed by atoms with Gasteiger partial charge in [-0.3, -0.25) is 14.9 Å². The smallest absolute Gasteiger partial charge is 0.257 e. The maximum absolute atomic E-state index is 12.7. The predicted molar refractivity (Wildman–Crippen MR) is 127 cm³/mol. The fraction of sp³-hybridized carbons (Fsp3) is 0.130. The van der Waals surface area contributed by atoms with Crippen molar-refractivity contribution in [2.45, 2.75) is 11.6 Å². The Bertz CT molecular complexity index is 1320. The molecule has 0 unspecified atom stereocenters. The largest absolute Gasteiger partial charge is 0.497 e. The summed E-state index contributed by atoms with van der Waals surface area (Å²) in [6, 6.07) is 16.6. The summed E-state index contributed by atoms with van der Waals surface area (Å²) in [6.45, 7) is 0.430. The van der Waals surface area contributed by atoms with Crippen LogP contribution in [0.3, 0.4) is 0 Å². The van der Waals surface area contributed by atoms with Gasteiger partial charge in [-0.1, -0.05) is 35.2 Å². The van der Waals surface area contributed by atoms with Crippen LogP contribution in [0.15, 0.2) is 65.8 Å². The van der Waals surface area contributed by atoms with Gasteiger partial charge >= 0.3 is 0 Å². The van der Waals surface area contributed by atoms with E-state index in [1.807, 2.05) is 42.5 Å². The number of pyridine rings is 1. The number of benzene rings is 2. The molecule has 2 amide bonds. The number of nitrogens with one attached hydrogen (secondary N) is 1.